The highest BCUT2D eigenvalue weighted by Crippen LogP contribution is 2.32. The summed E-state index contributed by atoms with van der Waals surface area (Å²) < 4.78 is 1.87. The molecule has 0 aliphatic carbocycles. The number of nitrogen functional groups attached to an aromatic ring is 1. The molecule has 0 aliphatic heterocycles. The standard InChI is InChI=1S/C10H19N3S/c1-6(2)8(4)14-10-9(11)7(3)12-13(10)5/h6,8H,11H2,1-5H3. The maximum atomic E-state index is 5.95. The summed E-state index contributed by atoms with van der Waals surface area (Å²) in [6.45, 7) is 8.60. The quantitative estimate of drug-likeness (QED) is 0.784. The van der Waals surface area contributed by atoms with Gasteiger partial charge in [0.1, 0.15) is 5.03 Å². The molecule has 0 fully saturated rings. The van der Waals surface area contributed by atoms with Gasteiger partial charge in [-0.05, 0) is 12.8 Å². The zero-order valence-electron chi connectivity index (χ0n) is 9.53. The van der Waals surface area contributed by atoms with Gasteiger partial charge in [-0.1, -0.05) is 20.8 Å². The lowest BCUT2D eigenvalue weighted by atomic mass is 10.2. The van der Waals surface area contributed by atoms with Crippen LogP contribution in [-0.4, -0.2) is 15.0 Å². The van der Waals surface area contributed by atoms with Crippen LogP contribution in [0, 0.1) is 12.8 Å². The van der Waals surface area contributed by atoms with Gasteiger partial charge in [0.15, 0.2) is 0 Å². The molecule has 0 radical (unpaired) electrons. The van der Waals surface area contributed by atoms with E-state index in [2.05, 4.69) is 25.9 Å². The molecule has 1 unspecified atom stereocenters. The van der Waals surface area contributed by atoms with Crippen molar-refractivity contribution < 1.29 is 0 Å². The summed E-state index contributed by atoms with van der Waals surface area (Å²) in [5.41, 5.74) is 7.69. The van der Waals surface area contributed by atoms with Crippen molar-refractivity contribution in [2.24, 2.45) is 13.0 Å². The van der Waals surface area contributed by atoms with Crippen LogP contribution >= 0.6 is 11.8 Å². The Kier molecular flexibility index (Phi) is 3.48. The SMILES string of the molecule is Cc1nn(C)c(SC(C)C(C)C)c1N. The summed E-state index contributed by atoms with van der Waals surface area (Å²) in [5, 5.41) is 5.94. The molecule has 0 aromatic carbocycles. The number of hydrogen-bond acceptors (Lipinski definition) is 3. The van der Waals surface area contributed by atoms with Crippen molar-refractivity contribution in [1.82, 2.24) is 9.78 Å². The van der Waals surface area contributed by atoms with Crippen molar-refractivity contribution >= 4 is 17.4 Å². The Morgan fingerprint density at radius 1 is 1.36 bits per heavy atom. The molecule has 1 aromatic rings. The monoisotopic (exact) mass is 213 g/mol. The molecule has 2 N–H and O–H groups in total. The van der Waals surface area contributed by atoms with E-state index in [0.717, 1.165) is 16.4 Å². The van der Waals surface area contributed by atoms with Crippen LogP contribution in [0.4, 0.5) is 5.69 Å². The van der Waals surface area contributed by atoms with Crippen LogP contribution in [0.25, 0.3) is 0 Å². The van der Waals surface area contributed by atoms with E-state index >= 15 is 0 Å². The van der Waals surface area contributed by atoms with Crippen molar-refractivity contribution in [1.29, 1.82) is 0 Å². The summed E-state index contributed by atoms with van der Waals surface area (Å²) in [6.07, 6.45) is 0. The highest BCUT2D eigenvalue weighted by atomic mass is 32.2. The third-order valence-electron chi connectivity index (χ3n) is 2.45. The van der Waals surface area contributed by atoms with Crippen LogP contribution in [0.1, 0.15) is 26.5 Å². The summed E-state index contributed by atoms with van der Waals surface area (Å²) in [6, 6.07) is 0. The maximum absolute atomic E-state index is 5.95. The van der Waals surface area contributed by atoms with E-state index in [1.165, 1.54) is 0 Å². The first kappa shape index (κ1) is 11.4. The van der Waals surface area contributed by atoms with Gasteiger partial charge in [-0.15, -0.1) is 11.8 Å². The van der Waals surface area contributed by atoms with Gasteiger partial charge in [0.25, 0.3) is 0 Å². The average Bonchev–Trinajstić information content (AvgIpc) is 2.32. The second-order valence-corrected chi connectivity index (χ2v) is 5.36. The Balaban J connectivity index is 2.86. The lowest BCUT2D eigenvalue weighted by Gasteiger charge is -2.15. The molecule has 0 saturated carbocycles. The Morgan fingerprint density at radius 3 is 2.29 bits per heavy atom. The maximum Gasteiger partial charge on any atom is 0.117 e. The fourth-order valence-corrected chi connectivity index (χ4v) is 2.20. The summed E-state index contributed by atoms with van der Waals surface area (Å²) in [4.78, 5) is 0. The van der Waals surface area contributed by atoms with E-state index in [9.17, 15) is 0 Å². The molecule has 4 heteroatoms. The number of aromatic nitrogens is 2. The summed E-state index contributed by atoms with van der Waals surface area (Å²) >= 11 is 1.80. The second kappa shape index (κ2) is 4.26. The third-order valence-corrected chi connectivity index (χ3v) is 4.07. The van der Waals surface area contributed by atoms with Crippen molar-refractivity contribution in [2.75, 3.05) is 5.73 Å². The fraction of sp³-hybridized carbons (Fsp3) is 0.700. The van der Waals surface area contributed by atoms with Crippen molar-refractivity contribution in [3.05, 3.63) is 5.69 Å². The number of nitrogens with two attached hydrogens (primary N) is 1. The first-order valence-electron chi connectivity index (χ1n) is 4.89. The number of rotatable bonds is 3. The Bertz CT molecular complexity index is 317. The lowest BCUT2D eigenvalue weighted by Crippen LogP contribution is -2.07. The Labute approximate surface area is 90.1 Å². The predicted octanol–water partition coefficient (Wildman–Crippen LogP) is 2.45. The molecular formula is C10H19N3S. The molecule has 0 saturated heterocycles. The summed E-state index contributed by atoms with van der Waals surface area (Å²) in [7, 11) is 1.94. The smallest absolute Gasteiger partial charge is 0.117 e. The molecule has 1 rings (SSSR count). The number of anilines is 1. The Morgan fingerprint density at radius 2 is 1.93 bits per heavy atom. The molecule has 1 atom stereocenters. The number of aryl methyl sites for hydroxylation is 2. The molecular weight excluding hydrogens is 194 g/mol. The molecule has 14 heavy (non-hydrogen) atoms. The van der Waals surface area contributed by atoms with Crippen LogP contribution in [0.15, 0.2) is 5.03 Å². The van der Waals surface area contributed by atoms with Crippen LogP contribution < -0.4 is 5.73 Å². The minimum absolute atomic E-state index is 0.562. The molecule has 80 valence electrons. The van der Waals surface area contributed by atoms with Gasteiger partial charge < -0.3 is 5.73 Å². The third kappa shape index (κ3) is 2.23. The molecule has 1 aromatic heterocycles. The van der Waals surface area contributed by atoms with Gasteiger partial charge in [0.2, 0.25) is 0 Å². The molecule has 0 spiro atoms. The van der Waals surface area contributed by atoms with Crippen LogP contribution in [0.2, 0.25) is 0 Å². The van der Waals surface area contributed by atoms with Crippen LogP contribution in [0.5, 0.6) is 0 Å². The molecule has 3 nitrogen and oxygen atoms in total. The topological polar surface area (TPSA) is 43.8 Å². The predicted molar refractivity (Wildman–Crippen MR) is 62.5 cm³/mol. The summed E-state index contributed by atoms with van der Waals surface area (Å²) in [5.74, 6) is 0.648. The molecule has 0 aliphatic rings. The highest BCUT2D eigenvalue weighted by Gasteiger charge is 2.15. The normalized spacial score (nSPS) is 13.6. The minimum atomic E-state index is 0.562. The van der Waals surface area contributed by atoms with Gasteiger partial charge in [-0.25, -0.2) is 0 Å². The van der Waals surface area contributed by atoms with E-state index in [-0.39, 0.29) is 0 Å². The van der Waals surface area contributed by atoms with Crippen LogP contribution in [-0.2, 0) is 7.05 Å². The number of hydrogen-bond donors (Lipinski definition) is 1. The average molecular weight is 213 g/mol. The van der Waals surface area contributed by atoms with Crippen molar-refractivity contribution in [3.8, 4) is 0 Å². The fourth-order valence-electron chi connectivity index (χ4n) is 1.11. The van der Waals surface area contributed by atoms with Crippen molar-refractivity contribution in [3.63, 3.8) is 0 Å². The van der Waals surface area contributed by atoms with Gasteiger partial charge in [-0.2, -0.15) is 5.10 Å². The Hall–Kier alpha value is -0.640. The number of thioether (sulfide) groups is 1. The van der Waals surface area contributed by atoms with E-state index in [1.807, 2.05) is 18.7 Å². The molecule has 1 heterocycles. The van der Waals surface area contributed by atoms with Gasteiger partial charge in [0, 0.05) is 12.3 Å². The minimum Gasteiger partial charge on any atom is -0.395 e. The molecule has 0 amide bonds. The van der Waals surface area contributed by atoms with E-state index in [4.69, 9.17) is 5.73 Å². The number of nitrogens with zero attached hydrogens (tertiary/aromatic N) is 2. The van der Waals surface area contributed by atoms with Gasteiger partial charge in [0.05, 0.1) is 11.4 Å². The lowest BCUT2D eigenvalue weighted by molar-refractivity contribution is 0.634. The highest BCUT2D eigenvalue weighted by molar-refractivity contribution is 8.00. The largest absolute Gasteiger partial charge is 0.395 e. The van der Waals surface area contributed by atoms with E-state index < -0.39 is 0 Å². The van der Waals surface area contributed by atoms with Gasteiger partial charge >= 0.3 is 0 Å². The van der Waals surface area contributed by atoms with E-state index in [0.29, 0.717) is 11.2 Å². The van der Waals surface area contributed by atoms with E-state index in [1.54, 1.807) is 11.8 Å². The first-order chi connectivity index (χ1) is 6.43. The zero-order chi connectivity index (χ0) is 10.9. The van der Waals surface area contributed by atoms with Crippen LogP contribution in [0.3, 0.4) is 0 Å². The van der Waals surface area contributed by atoms with Crippen molar-refractivity contribution in [2.45, 2.75) is 38.0 Å². The van der Waals surface area contributed by atoms with Gasteiger partial charge in [-0.3, -0.25) is 4.68 Å². The molecule has 0 bridgehead atoms. The second-order valence-electron chi connectivity index (χ2n) is 3.99. The first-order valence-corrected chi connectivity index (χ1v) is 5.77. The zero-order valence-corrected chi connectivity index (χ0v) is 10.4.